The fourth-order valence-corrected chi connectivity index (χ4v) is 1.86. The van der Waals surface area contributed by atoms with E-state index in [1.54, 1.807) is 7.11 Å². The zero-order valence-corrected chi connectivity index (χ0v) is 13.1. The Labute approximate surface area is 109 Å². The molecule has 4 heteroatoms. The van der Waals surface area contributed by atoms with Crippen molar-refractivity contribution >= 4 is 0 Å². The van der Waals surface area contributed by atoms with Crippen molar-refractivity contribution < 1.29 is 45.7 Å². The molecule has 1 aliphatic heterocycles. The van der Waals surface area contributed by atoms with Gasteiger partial charge in [0.2, 0.25) is 0 Å². The largest absolute Gasteiger partial charge is 0.540 e. The van der Waals surface area contributed by atoms with Crippen LogP contribution in [0.15, 0.2) is 12.2 Å². The van der Waals surface area contributed by atoms with Gasteiger partial charge in [0, 0.05) is 38.2 Å². The van der Waals surface area contributed by atoms with Crippen LogP contribution in [0, 0.1) is 37.7 Å². The summed E-state index contributed by atoms with van der Waals surface area (Å²) in [5, 5.41) is 9.56. The molecule has 0 aliphatic carbocycles. The Hall–Kier alpha value is 0.672. The second kappa shape index (κ2) is 5.67. The summed E-state index contributed by atoms with van der Waals surface area (Å²) in [6.45, 7) is 9.18. The van der Waals surface area contributed by atoms with Crippen molar-refractivity contribution in [3.05, 3.63) is 18.8 Å². The summed E-state index contributed by atoms with van der Waals surface area (Å²) in [7, 11) is 1.57. The molecule has 0 amide bonds. The van der Waals surface area contributed by atoms with E-state index in [9.17, 15) is 5.11 Å². The molecule has 0 bridgehead atoms. The van der Waals surface area contributed by atoms with Crippen LogP contribution in [0.1, 0.15) is 20.3 Å². The maximum atomic E-state index is 9.56. The molecule has 1 fully saturated rings. The molecule has 1 rings (SSSR count). The van der Waals surface area contributed by atoms with Crippen molar-refractivity contribution in [3.8, 4) is 0 Å². The molecule has 0 aromatic carbocycles. The summed E-state index contributed by atoms with van der Waals surface area (Å²) >= 11 is 0. The number of hydrogen-bond acceptors (Lipinski definition) is 3. The van der Waals surface area contributed by atoms with E-state index in [-0.39, 0.29) is 37.2 Å². The van der Waals surface area contributed by atoms with Crippen LogP contribution in [-0.4, -0.2) is 30.0 Å². The first-order chi connectivity index (χ1) is 6.08. The Morgan fingerprint density at radius 2 is 2.29 bits per heavy atom. The molecule has 0 radical (unpaired) electrons. The minimum atomic E-state index is -0.665. The van der Waals surface area contributed by atoms with Gasteiger partial charge >= 0.3 is 0 Å². The molecule has 0 spiro atoms. The van der Waals surface area contributed by atoms with E-state index in [1.807, 2.05) is 13.8 Å². The third-order valence-corrected chi connectivity index (χ3v) is 2.69. The average Bonchev–Trinajstić information content (AvgIpc) is 2.43. The topological polar surface area (TPSA) is 38.7 Å². The minimum absolute atomic E-state index is 0. The standard InChI is InChI=1S/C10H17O3.U/c1-5-10(7(2)3)9(12-4)8(11)6-13-10;/h6,8-9,11H,2,5H2,1,3-4H3;/q-1;/t8-,9-,10-;/m0./s1. The van der Waals surface area contributed by atoms with Crippen LogP contribution in [0.25, 0.3) is 0 Å². The second-order valence-electron chi connectivity index (χ2n) is 3.42. The molecule has 1 heterocycles. The summed E-state index contributed by atoms with van der Waals surface area (Å²) < 4.78 is 10.7. The van der Waals surface area contributed by atoms with E-state index in [4.69, 9.17) is 9.47 Å². The van der Waals surface area contributed by atoms with E-state index in [0.717, 1.165) is 12.0 Å². The third kappa shape index (κ3) is 2.25. The van der Waals surface area contributed by atoms with Crippen LogP contribution in [0.2, 0.25) is 0 Å². The van der Waals surface area contributed by atoms with Crippen molar-refractivity contribution in [2.24, 2.45) is 0 Å². The predicted octanol–water partition coefficient (Wildman–Crippen LogP) is 1.28. The van der Waals surface area contributed by atoms with Crippen LogP contribution < -0.4 is 0 Å². The van der Waals surface area contributed by atoms with Crippen LogP contribution in [0.3, 0.4) is 0 Å². The van der Waals surface area contributed by atoms with Gasteiger partial charge < -0.3 is 14.6 Å². The zero-order chi connectivity index (χ0) is 10.1. The van der Waals surface area contributed by atoms with Gasteiger partial charge in [-0.3, -0.25) is 0 Å². The van der Waals surface area contributed by atoms with E-state index in [2.05, 4.69) is 6.58 Å². The first kappa shape index (κ1) is 14.7. The molecule has 14 heavy (non-hydrogen) atoms. The normalized spacial score (nSPS) is 36.6. The predicted molar refractivity (Wildman–Crippen MR) is 50.0 cm³/mol. The average molecular weight is 423 g/mol. The second-order valence-corrected chi connectivity index (χ2v) is 3.42. The molecular weight excluding hydrogens is 406 g/mol. The summed E-state index contributed by atoms with van der Waals surface area (Å²) in [6, 6.07) is 0. The number of aliphatic hydroxyl groups is 1. The summed E-state index contributed by atoms with van der Waals surface area (Å²) in [5.74, 6) is 0. The third-order valence-electron chi connectivity index (χ3n) is 2.69. The van der Waals surface area contributed by atoms with E-state index < -0.39 is 11.7 Å². The van der Waals surface area contributed by atoms with Crippen LogP contribution in [0.5, 0.6) is 0 Å². The molecule has 3 nitrogen and oxygen atoms in total. The Kier molecular flexibility index (Phi) is 5.95. The van der Waals surface area contributed by atoms with Crippen molar-refractivity contribution in [1.82, 2.24) is 0 Å². The Morgan fingerprint density at radius 1 is 1.71 bits per heavy atom. The first-order valence-electron chi connectivity index (χ1n) is 4.46. The van der Waals surface area contributed by atoms with Gasteiger partial charge in [-0.2, -0.15) is 6.61 Å². The molecule has 1 saturated heterocycles. The van der Waals surface area contributed by atoms with Gasteiger partial charge in [0.1, 0.15) is 0 Å². The summed E-state index contributed by atoms with van der Waals surface area (Å²) in [4.78, 5) is 0. The molecule has 0 aromatic heterocycles. The molecule has 80 valence electrons. The van der Waals surface area contributed by atoms with Crippen LogP contribution in [-0.2, 0) is 9.47 Å². The van der Waals surface area contributed by atoms with Gasteiger partial charge in [-0.15, -0.1) is 0 Å². The number of rotatable bonds is 3. The van der Waals surface area contributed by atoms with Crippen molar-refractivity contribution in [1.29, 1.82) is 0 Å². The van der Waals surface area contributed by atoms with Crippen LogP contribution >= 0.6 is 0 Å². The molecule has 0 saturated carbocycles. The number of methoxy groups -OCH3 is 1. The van der Waals surface area contributed by atoms with Gasteiger partial charge in [0.15, 0.2) is 0 Å². The van der Waals surface area contributed by atoms with Crippen molar-refractivity contribution in [2.75, 3.05) is 7.11 Å². The molecule has 0 unspecified atom stereocenters. The van der Waals surface area contributed by atoms with Gasteiger partial charge in [0.25, 0.3) is 0 Å². The molecule has 1 aliphatic rings. The maximum Gasteiger partial charge on any atom is 0.0870 e. The van der Waals surface area contributed by atoms with Gasteiger partial charge in [-0.05, 0) is 25.0 Å². The number of aliphatic hydroxyl groups excluding tert-OH is 1. The smallest absolute Gasteiger partial charge is 0.0870 e. The molecule has 0 aromatic rings. The Bertz CT molecular complexity index is 208. The van der Waals surface area contributed by atoms with E-state index in [1.165, 1.54) is 6.61 Å². The van der Waals surface area contributed by atoms with Gasteiger partial charge in [-0.1, -0.05) is 13.5 Å². The Balaban J connectivity index is 0.00000169. The van der Waals surface area contributed by atoms with E-state index in [0.29, 0.717) is 0 Å². The molecule has 1 N–H and O–H groups in total. The van der Waals surface area contributed by atoms with Crippen LogP contribution in [0.4, 0.5) is 0 Å². The SMILES string of the molecule is C=C(C)[C@]1(CC)O[CH-][C@H](O)[C@@H]1OC.[U]. The van der Waals surface area contributed by atoms with E-state index >= 15 is 0 Å². The minimum Gasteiger partial charge on any atom is -0.540 e. The van der Waals surface area contributed by atoms with Gasteiger partial charge in [-0.25, -0.2) is 0 Å². The fourth-order valence-electron chi connectivity index (χ4n) is 1.86. The summed E-state index contributed by atoms with van der Waals surface area (Å²) in [6.07, 6.45) is -0.259. The fraction of sp³-hybridized carbons (Fsp3) is 0.700. The molecule has 3 atom stereocenters. The number of hydrogen-bond donors (Lipinski definition) is 1. The van der Waals surface area contributed by atoms with Crippen molar-refractivity contribution in [2.45, 2.75) is 38.1 Å². The number of ether oxygens (including phenoxy) is 2. The zero-order valence-electron chi connectivity index (χ0n) is 8.91. The van der Waals surface area contributed by atoms with Crippen molar-refractivity contribution in [3.63, 3.8) is 0 Å². The van der Waals surface area contributed by atoms with Gasteiger partial charge in [0.05, 0.1) is 11.7 Å². The summed E-state index contributed by atoms with van der Waals surface area (Å²) in [5.41, 5.74) is 0.336. The quantitative estimate of drug-likeness (QED) is 0.549. The molecular formula is C10H17O3U-. The Morgan fingerprint density at radius 3 is 2.57 bits per heavy atom. The monoisotopic (exact) mass is 423 g/mol. The maximum absolute atomic E-state index is 9.56. The first-order valence-corrected chi connectivity index (χ1v) is 4.46.